The van der Waals surface area contributed by atoms with Crippen molar-refractivity contribution in [2.75, 3.05) is 0 Å². The Kier molecular flexibility index (Phi) is 5.98. The molecule has 0 aliphatic heterocycles. The van der Waals surface area contributed by atoms with Crippen LogP contribution in [0.4, 0.5) is 0 Å². The number of hydrogen-bond donors (Lipinski definition) is 1. The van der Waals surface area contributed by atoms with E-state index in [1.54, 1.807) is 12.1 Å². The number of aromatic hydroxyl groups is 1. The Morgan fingerprint density at radius 2 is 1.77 bits per heavy atom. The average molecular weight is 427 g/mol. The fourth-order valence-corrected chi connectivity index (χ4v) is 4.58. The molecule has 0 saturated carbocycles. The maximum Gasteiger partial charge on any atom is 0.174 e. The van der Waals surface area contributed by atoms with Crippen molar-refractivity contribution in [1.82, 2.24) is 0 Å². The van der Waals surface area contributed by atoms with E-state index in [9.17, 15) is 9.90 Å². The van der Waals surface area contributed by atoms with Gasteiger partial charge >= 0.3 is 0 Å². The number of carbonyl (C=O) groups excluding carboxylic acids is 1. The molecule has 154 valence electrons. The first-order valence-corrected chi connectivity index (χ1v) is 10.7. The van der Waals surface area contributed by atoms with Crippen LogP contribution in [-0.2, 0) is 6.42 Å². The van der Waals surface area contributed by atoms with Crippen molar-refractivity contribution in [3.8, 4) is 18.1 Å². The Bertz CT molecular complexity index is 1230. The molecule has 31 heavy (non-hydrogen) atoms. The first kappa shape index (κ1) is 21.0. The molecule has 0 atom stereocenters. The molecular formula is C28H23ClO2. The number of allylic oxidation sites excluding steroid dienone is 1. The second kappa shape index (κ2) is 8.84. The van der Waals surface area contributed by atoms with Gasteiger partial charge in [0, 0.05) is 10.6 Å². The van der Waals surface area contributed by atoms with Crippen molar-refractivity contribution >= 4 is 28.5 Å². The monoisotopic (exact) mass is 426 g/mol. The van der Waals surface area contributed by atoms with E-state index in [2.05, 4.69) is 18.9 Å². The molecule has 0 heterocycles. The van der Waals surface area contributed by atoms with E-state index >= 15 is 0 Å². The van der Waals surface area contributed by atoms with E-state index in [-0.39, 0.29) is 18.0 Å². The van der Waals surface area contributed by atoms with Gasteiger partial charge in [0.1, 0.15) is 5.75 Å². The van der Waals surface area contributed by atoms with E-state index < -0.39 is 0 Å². The maximum atomic E-state index is 12.4. The van der Waals surface area contributed by atoms with Crippen LogP contribution in [0.25, 0.3) is 11.1 Å². The van der Waals surface area contributed by atoms with E-state index in [0.29, 0.717) is 5.56 Å². The number of Topliss-reactive ketones (excluding diaryl/α,β-unsaturated/α-hetero) is 1. The number of halogens is 1. The smallest absolute Gasteiger partial charge is 0.174 e. The zero-order valence-electron chi connectivity index (χ0n) is 17.4. The molecule has 0 saturated heterocycles. The van der Waals surface area contributed by atoms with Crippen LogP contribution in [0.2, 0.25) is 5.02 Å². The summed E-state index contributed by atoms with van der Waals surface area (Å²) in [5.74, 6) is 2.65. The number of benzene rings is 3. The van der Waals surface area contributed by atoms with Crippen LogP contribution in [0, 0.1) is 19.3 Å². The predicted octanol–water partition coefficient (Wildman–Crippen LogP) is 6.86. The lowest BCUT2D eigenvalue weighted by molar-refractivity contribution is 0.0998. The van der Waals surface area contributed by atoms with Crippen molar-refractivity contribution in [2.45, 2.75) is 32.6 Å². The predicted molar refractivity (Wildman–Crippen MR) is 127 cm³/mol. The van der Waals surface area contributed by atoms with Crippen molar-refractivity contribution < 1.29 is 9.90 Å². The SMILES string of the molecule is C#CCC(=O)c1ccc2c(c1)CCCC(c1ccc(Cl)cc1C)=C2c1ccc(O)cc1. The molecule has 0 bridgehead atoms. The normalized spacial score (nSPS) is 13.3. The lowest BCUT2D eigenvalue weighted by Crippen LogP contribution is -2.02. The Balaban J connectivity index is 1.97. The standard InChI is InChI=1S/C28H23ClO2/c1-3-5-27(31)21-10-14-25-20(17-21)6-4-7-26(24-15-11-22(29)16-18(24)2)28(25)19-8-12-23(30)13-9-19/h1,8-17,30H,4-7H2,2H3. The van der Waals surface area contributed by atoms with E-state index in [1.807, 2.05) is 42.5 Å². The molecule has 4 rings (SSSR count). The lowest BCUT2D eigenvalue weighted by Gasteiger charge is -2.18. The molecule has 0 fully saturated rings. The number of fused-ring (bicyclic) bond motifs is 1. The van der Waals surface area contributed by atoms with Crippen molar-refractivity contribution in [2.24, 2.45) is 0 Å². The van der Waals surface area contributed by atoms with Gasteiger partial charge in [-0.3, -0.25) is 4.79 Å². The quantitative estimate of drug-likeness (QED) is 0.365. The summed E-state index contributed by atoms with van der Waals surface area (Å²) in [5, 5.41) is 10.5. The maximum absolute atomic E-state index is 12.4. The van der Waals surface area contributed by atoms with Crippen LogP contribution in [0.15, 0.2) is 60.7 Å². The van der Waals surface area contributed by atoms with Gasteiger partial charge in [-0.05, 0) is 95.5 Å². The summed E-state index contributed by atoms with van der Waals surface area (Å²) in [4.78, 5) is 12.4. The highest BCUT2D eigenvalue weighted by molar-refractivity contribution is 6.30. The molecule has 2 nitrogen and oxygen atoms in total. The fraction of sp³-hybridized carbons (Fsp3) is 0.179. The molecule has 3 aromatic rings. The summed E-state index contributed by atoms with van der Waals surface area (Å²) in [6.07, 6.45) is 8.20. The van der Waals surface area contributed by atoms with E-state index in [1.165, 1.54) is 11.1 Å². The molecule has 0 spiro atoms. The van der Waals surface area contributed by atoms with Crippen molar-refractivity contribution in [1.29, 1.82) is 0 Å². The van der Waals surface area contributed by atoms with Crippen LogP contribution in [0.5, 0.6) is 5.75 Å². The van der Waals surface area contributed by atoms with Crippen molar-refractivity contribution in [3.05, 3.63) is 99.1 Å². The summed E-state index contributed by atoms with van der Waals surface area (Å²) in [6.45, 7) is 2.08. The summed E-state index contributed by atoms with van der Waals surface area (Å²) in [5.41, 5.74) is 8.64. The molecule has 0 amide bonds. The van der Waals surface area contributed by atoms with Crippen LogP contribution < -0.4 is 0 Å². The molecular weight excluding hydrogens is 404 g/mol. The number of phenolic OH excluding ortho intramolecular Hbond substituents is 1. The molecule has 0 unspecified atom stereocenters. The van der Waals surface area contributed by atoms with E-state index in [0.717, 1.165) is 52.1 Å². The van der Waals surface area contributed by atoms with Crippen LogP contribution >= 0.6 is 11.6 Å². The van der Waals surface area contributed by atoms with Crippen molar-refractivity contribution in [3.63, 3.8) is 0 Å². The molecule has 1 aliphatic rings. The Morgan fingerprint density at radius 3 is 2.48 bits per heavy atom. The Morgan fingerprint density at radius 1 is 1.03 bits per heavy atom. The largest absolute Gasteiger partial charge is 0.508 e. The fourth-order valence-electron chi connectivity index (χ4n) is 4.35. The molecule has 0 radical (unpaired) electrons. The first-order chi connectivity index (χ1) is 15.0. The van der Waals surface area contributed by atoms with Gasteiger partial charge in [-0.25, -0.2) is 0 Å². The Hall–Kier alpha value is -3.28. The average Bonchev–Trinajstić information content (AvgIpc) is 2.93. The molecule has 3 heteroatoms. The number of aryl methyl sites for hydroxylation is 2. The molecule has 0 aromatic heterocycles. The van der Waals surface area contributed by atoms with Gasteiger partial charge in [0.2, 0.25) is 0 Å². The summed E-state index contributed by atoms with van der Waals surface area (Å²) in [6, 6.07) is 19.2. The van der Waals surface area contributed by atoms with Crippen LogP contribution in [-0.4, -0.2) is 10.9 Å². The van der Waals surface area contributed by atoms with Crippen LogP contribution in [0.1, 0.15) is 57.4 Å². The van der Waals surface area contributed by atoms with E-state index in [4.69, 9.17) is 18.0 Å². The zero-order valence-corrected chi connectivity index (χ0v) is 18.2. The van der Waals surface area contributed by atoms with Gasteiger partial charge in [0.25, 0.3) is 0 Å². The third-order valence-electron chi connectivity index (χ3n) is 5.80. The highest BCUT2D eigenvalue weighted by Gasteiger charge is 2.22. The molecule has 1 aliphatic carbocycles. The minimum absolute atomic E-state index is 0.0292. The van der Waals surface area contributed by atoms with Gasteiger partial charge < -0.3 is 5.11 Å². The topological polar surface area (TPSA) is 37.3 Å². The number of ketones is 1. The van der Waals surface area contributed by atoms with Gasteiger partial charge in [-0.2, -0.15) is 0 Å². The number of carbonyl (C=O) groups is 1. The number of phenols is 1. The second-order valence-corrected chi connectivity index (χ2v) is 8.33. The third-order valence-corrected chi connectivity index (χ3v) is 6.04. The second-order valence-electron chi connectivity index (χ2n) is 7.89. The van der Waals surface area contributed by atoms with Gasteiger partial charge in [0.05, 0.1) is 6.42 Å². The first-order valence-electron chi connectivity index (χ1n) is 10.4. The highest BCUT2D eigenvalue weighted by Crippen LogP contribution is 2.41. The summed E-state index contributed by atoms with van der Waals surface area (Å²) in [7, 11) is 0. The number of hydrogen-bond acceptors (Lipinski definition) is 2. The lowest BCUT2D eigenvalue weighted by atomic mass is 9.86. The zero-order chi connectivity index (χ0) is 22.0. The Labute approximate surface area is 188 Å². The van der Waals surface area contributed by atoms with Gasteiger partial charge in [-0.15, -0.1) is 6.42 Å². The van der Waals surface area contributed by atoms with Gasteiger partial charge in [0.15, 0.2) is 5.78 Å². The minimum atomic E-state index is -0.0292. The molecule has 3 aromatic carbocycles. The van der Waals surface area contributed by atoms with Gasteiger partial charge in [-0.1, -0.05) is 47.9 Å². The highest BCUT2D eigenvalue weighted by atomic mass is 35.5. The summed E-state index contributed by atoms with van der Waals surface area (Å²) >= 11 is 6.22. The summed E-state index contributed by atoms with van der Waals surface area (Å²) < 4.78 is 0. The van der Waals surface area contributed by atoms with Crippen LogP contribution in [0.3, 0.4) is 0 Å². The number of rotatable bonds is 4. The minimum Gasteiger partial charge on any atom is -0.508 e. The molecule has 1 N–H and O–H groups in total. The third kappa shape index (κ3) is 4.29. The number of terminal acetylenes is 1.